The summed E-state index contributed by atoms with van der Waals surface area (Å²) in [5, 5.41) is 6.34. The van der Waals surface area contributed by atoms with Gasteiger partial charge in [-0.25, -0.2) is 0 Å². The second-order valence-corrected chi connectivity index (χ2v) is 7.10. The number of hydrogen-bond acceptors (Lipinski definition) is 4. The molecule has 4 rings (SSSR count). The van der Waals surface area contributed by atoms with E-state index in [9.17, 15) is 4.79 Å². The zero-order valence-corrected chi connectivity index (χ0v) is 15.0. The minimum atomic E-state index is 0.204. The van der Waals surface area contributed by atoms with Gasteiger partial charge in [0.1, 0.15) is 0 Å². The first-order valence-corrected chi connectivity index (χ1v) is 9.22. The molecule has 1 amide bonds. The fraction of sp³-hybridized carbons (Fsp3) is 0.381. The fourth-order valence-corrected chi connectivity index (χ4v) is 3.86. The highest BCUT2D eigenvalue weighted by Gasteiger charge is 2.25. The van der Waals surface area contributed by atoms with E-state index >= 15 is 0 Å². The van der Waals surface area contributed by atoms with E-state index in [4.69, 9.17) is 4.52 Å². The number of nitrogens with zero attached hydrogens (tertiary/aromatic N) is 3. The number of amides is 1. The third kappa shape index (κ3) is 3.62. The Morgan fingerprint density at radius 2 is 2.08 bits per heavy atom. The van der Waals surface area contributed by atoms with Gasteiger partial charge in [0.15, 0.2) is 5.82 Å². The zero-order chi connectivity index (χ0) is 17.9. The van der Waals surface area contributed by atoms with Crippen molar-refractivity contribution in [2.45, 2.75) is 32.6 Å². The summed E-state index contributed by atoms with van der Waals surface area (Å²) in [5.74, 6) is 1.95. The van der Waals surface area contributed by atoms with Gasteiger partial charge in [-0.1, -0.05) is 47.6 Å². The molecule has 1 aromatic heterocycles. The molecule has 26 heavy (non-hydrogen) atoms. The summed E-state index contributed by atoms with van der Waals surface area (Å²) in [6, 6.07) is 14.4. The molecule has 0 saturated carbocycles. The predicted octanol–water partition coefficient (Wildman–Crippen LogP) is 3.56. The summed E-state index contributed by atoms with van der Waals surface area (Å²) < 4.78 is 5.06. The highest BCUT2D eigenvalue weighted by atomic mass is 16.5. The van der Waals surface area contributed by atoms with E-state index in [0.717, 1.165) is 43.7 Å². The highest BCUT2D eigenvalue weighted by molar-refractivity contribution is 5.90. The third-order valence-corrected chi connectivity index (χ3v) is 5.13. The molecule has 0 radical (unpaired) electrons. The summed E-state index contributed by atoms with van der Waals surface area (Å²) in [7, 11) is 0. The van der Waals surface area contributed by atoms with E-state index in [0.29, 0.717) is 18.2 Å². The number of piperidine rings is 1. The lowest BCUT2D eigenvalue weighted by Gasteiger charge is -2.32. The van der Waals surface area contributed by atoms with Crippen molar-refractivity contribution < 1.29 is 9.32 Å². The minimum Gasteiger partial charge on any atom is -0.342 e. The molecule has 5 nitrogen and oxygen atoms in total. The summed E-state index contributed by atoms with van der Waals surface area (Å²) in [6.45, 7) is 3.42. The first-order valence-electron chi connectivity index (χ1n) is 9.22. The molecule has 5 heteroatoms. The van der Waals surface area contributed by atoms with Crippen LogP contribution < -0.4 is 0 Å². The van der Waals surface area contributed by atoms with Gasteiger partial charge < -0.3 is 9.42 Å². The predicted molar refractivity (Wildman–Crippen MR) is 99.7 cm³/mol. The monoisotopic (exact) mass is 349 g/mol. The molecule has 0 N–H and O–H groups in total. The molecule has 1 aliphatic heterocycles. The van der Waals surface area contributed by atoms with Crippen molar-refractivity contribution in [3.05, 3.63) is 59.7 Å². The van der Waals surface area contributed by atoms with Crippen LogP contribution in [0.5, 0.6) is 0 Å². The molecule has 0 bridgehead atoms. The normalized spacial score (nSPS) is 17.6. The highest BCUT2D eigenvalue weighted by Crippen LogP contribution is 2.23. The summed E-state index contributed by atoms with van der Waals surface area (Å²) in [5.41, 5.74) is 1.10. The Bertz CT molecular complexity index is 913. The van der Waals surface area contributed by atoms with Gasteiger partial charge in [-0.05, 0) is 35.1 Å². The molecule has 0 aliphatic carbocycles. The van der Waals surface area contributed by atoms with Gasteiger partial charge in [-0.2, -0.15) is 4.98 Å². The van der Waals surface area contributed by atoms with Gasteiger partial charge in [-0.3, -0.25) is 4.79 Å². The van der Waals surface area contributed by atoms with Gasteiger partial charge in [-0.15, -0.1) is 0 Å². The summed E-state index contributed by atoms with van der Waals surface area (Å²) in [4.78, 5) is 19.2. The van der Waals surface area contributed by atoms with Crippen LogP contribution in [-0.4, -0.2) is 34.0 Å². The summed E-state index contributed by atoms with van der Waals surface area (Å²) >= 11 is 0. The van der Waals surface area contributed by atoms with Crippen molar-refractivity contribution in [1.82, 2.24) is 15.0 Å². The van der Waals surface area contributed by atoms with Gasteiger partial charge in [0.25, 0.3) is 0 Å². The maximum Gasteiger partial charge on any atom is 0.227 e. The van der Waals surface area contributed by atoms with Crippen LogP contribution in [0.3, 0.4) is 0 Å². The number of fused-ring (bicyclic) bond motifs is 1. The van der Waals surface area contributed by atoms with Crippen LogP contribution in [0.2, 0.25) is 0 Å². The molecular weight excluding hydrogens is 326 g/mol. The van der Waals surface area contributed by atoms with E-state index in [-0.39, 0.29) is 5.91 Å². The standard InChI is InChI=1S/C21H23N3O2/c1-15-22-20(23-26-15)12-16-6-5-11-24(14-16)21(25)13-18-9-4-8-17-7-2-3-10-19(17)18/h2-4,7-10,16H,5-6,11-14H2,1H3. The van der Waals surface area contributed by atoms with E-state index in [2.05, 4.69) is 34.4 Å². The van der Waals surface area contributed by atoms with Crippen LogP contribution in [0, 0.1) is 12.8 Å². The van der Waals surface area contributed by atoms with Crippen molar-refractivity contribution >= 4 is 16.7 Å². The maximum absolute atomic E-state index is 12.9. The smallest absolute Gasteiger partial charge is 0.227 e. The van der Waals surface area contributed by atoms with E-state index in [1.165, 1.54) is 10.8 Å². The SMILES string of the molecule is Cc1nc(CC2CCCN(C(=O)Cc3cccc4ccccc34)C2)no1. The van der Waals surface area contributed by atoms with Crippen LogP contribution in [0.25, 0.3) is 10.8 Å². The van der Waals surface area contributed by atoms with E-state index < -0.39 is 0 Å². The molecule has 3 aromatic rings. The summed E-state index contributed by atoms with van der Waals surface area (Å²) in [6.07, 6.45) is 3.36. The lowest BCUT2D eigenvalue weighted by atomic mass is 9.93. The second kappa shape index (κ2) is 7.28. The average molecular weight is 349 g/mol. The van der Waals surface area contributed by atoms with Crippen LogP contribution in [-0.2, 0) is 17.6 Å². The van der Waals surface area contributed by atoms with Crippen molar-refractivity contribution in [3.8, 4) is 0 Å². The van der Waals surface area contributed by atoms with E-state index in [1.807, 2.05) is 23.1 Å². The number of benzene rings is 2. The topological polar surface area (TPSA) is 59.2 Å². The Morgan fingerprint density at radius 1 is 1.23 bits per heavy atom. The number of aryl methyl sites for hydroxylation is 1. The Kier molecular flexibility index (Phi) is 4.69. The fourth-order valence-electron chi connectivity index (χ4n) is 3.86. The average Bonchev–Trinajstić information content (AvgIpc) is 3.07. The van der Waals surface area contributed by atoms with E-state index in [1.54, 1.807) is 6.92 Å². The largest absolute Gasteiger partial charge is 0.342 e. The molecule has 1 saturated heterocycles. The Balaban J connectivity index is 1.44. The van der Waals surface area contributed by atoms with Crippen molar-refractivity contribution in [3.63, 3.8) is 0 Å². The Hall–Kier alpha value is -2.69. The van der Waals surface area contributed by atoms with Gasteiger partial charge in [0, 0.05) is 26.4 Å². The molecule has 1 aliphatic rings. The number of likely N-dealkylation sites (tertiary alicyclic amines) is 1. The first-order chi connectivity index (χ1) is 12.7. The second-order valence-electron chi connectivity index (χ2n) is 7.10. The van der Waals surface area contributed by atoms with Crippen LogP contribution in [0.4, 0.5) is 0 Å². The van der Waals surface area contributed by atoms with Gasteiger partial charge in [0.2, 0.25) is 11.8 Å². The minimum absolute atomic E-state index is 0.204. The maximum atomic E-state index is 12.9. The zero-order valence-electron chi connectivity index (χ0n) is 15.0. The Labute approximate surface area is 153 Å². The molecule has 134 valence electrons. The molecular formula is C21H23N3O2. The quantitative estimate of drug-likeness (QED) is 0.723. The lowest BCUT2D eigenvalue weighted by molar-refractivity contribution is -0.132. The molecule has 2 heterocycles. The van der Waals surface area contributed by atoms with Crippen molar-refractivity contribution in [2.24, 2.45) is 5.92 Å². The molecule has 1 fully saturated rings. The Morgan fingerprint density at radius 3 is 2.92 bits per heavy atom. The number of rotatable bonds is 4. The third-order valence-electron chi connectivity index (χ3n) is 5.13. The molecule has 1 atom stereocenters. The molecule has 0 spiro atoms. The van der Waals surface area contributed by atoms with Crippen LogP contribution in [0.15, 0.2) is 47.0 Å². The van der Waals surface area contributed by atoms with Crippen molar-refractivity contribution in [2.75, 3.05) is 13.1 Å². The number of hydrogen-bond donors (Lipinski definition) is 0. The molecule has 2 aromatic carbocycles. The first kappa shape index (κ1) is 16.8. The van der Waals surface area contributed by atoms with Crippen LogP contribution >= 0.6 is 0 Å². The van der Waals surface area contributed by atoms with Crippen LogP contribution in [0.1, 0.15) is 30.1 Å². The molecule has 1 unspecified atom stereocenters. The number of carbonyl (C=O) groups is 1. The number of aromatic nitrogens is 2. The number of carbonyl (C=O) groups excluding carboxylic acids is 1. The van der Waals surface area contributed by atoms with Gasteiger partial charge in [0.05, 0.1) is 6.42 Å². The lowest BCUT2D eigenvalue weighted by Crippen LogP contribution is -2.41. The van der Waals surface area contributed by atoms with Gasteiger partial charge >= 0.3 is 0 Å². The van der Waals surface area contributed by atoms with Crippen molar-refractivity contribution in [1.29, 1.82) is 0 Å².